The maximum absolute atomic E-state index is 13.9. The van der Waals surface area contributed by atoms with E-state index in [9.17, 15) is 13.2 Å². The van der Waals surface area contributed by atoms with Crippen LogP contribution in [0.15, 0.2) is 53.4 Å². The van der Waals surface area contributed by atoms with Gasteiger partial charge in [-0.2, -0.15) is 0 Å². The Balaban J connectivity index is 0.00000420. The molecule has 7 nitrogen and oxygen atoms in total. The quantitative estimate of drug-likeness (QED) is 0.402. The minimum absolute atomic E-state index is 0. The lowest BCUT2D eigenvalue weighted by atomic mass is 10.00. The van der Waals surface area contributed by atoms with E-state index in [2.05, 4.69) is 47.7 Å². The Bertz CT molecular complexity index is 1220. The molecule has 0 spiro atoms. The average Bonchev–Trinajstić information content (AvgIpc) is 3.22. The molecule has 2 aromatic carbocycles. The zero-order valence-electron chi connectivity index (χ0n) is 22.4. The standard InChI is InChI=1S/C28H38Cl2N4O3S.ClH/c1-19(2)14-23(17-32-38(36,37)24-10-11-25(29)26(30)16-24)33-13-12-22(9-8-20-6-4-3-5-7-20)34-18-21(31)15-27(34)28(33)35;/h3-7,10-11,16,19,21-23,27,32H,8-9,12-15,17-18,31H2,1-2H3;1H/t21-,22?,23-,27+;/m1./s1. The second-order valence-corrected chi connectivity index (χ2v) is 13.5. The fourth-order valence-electron chi connectivity index (χ4n) is 5.75. The topological polar surface area (TPSA) is 95.7 Å². The van der Waals surface area contributed by atoms with Crippen molar-refractivity contribution in [2.45, 2.75) is 75.0 Å². The third-order valence-corrected chi connectivity index (χ3v) is 9.78. The van der Waals surface area contributed by atoms with E-state index in [-0.39, 0.29) is 64.9 Å². The molecule has 4 rings (SSSR count). The van der Waals surface area contributed by atoms with Gasteiger partial charge >= 0.3 is 0 Å². The molecule has 216 valence electrons. The smallest absolute Gasteiger partial charge is 0.240 e. The monoisotopic (exact) mass is 616 g/mol. The molecule has 3 N–H and O–H groups in total. The number of benzene rings is 2. The zero-order valence-corrected chi connectivity index (χ0v) is 25.6. The third kappa shape index (κ3) is 8.09. The summed E-state index contributed by atoms with van der Waals surface area (Å²) in [6.45, 7) is 5.60. The van der Waals surface area contributed by atoms with E-state index in [1.165, 1.54) is 23.8 Å². The number of carbonyl (C=O) groups is 1. The molecule has 2 aliphatic heterocycles. The molecule has 4 atom stereocenters. The number of nitrogens with two attached hydrogens (primary N) is 1. The van der Waals surface area contributed by atoms with Crippen molar-refractivity contribution in [3.05, 3.63) is 64.1 Å². The van der Waals surface area contributed by atoms with Crippen molar-refractivity contribution in [1.82, 2.24) is 14.5 Å². The fraction of sp³-hybridized carbons (Fsp3) is 0.536. The molecule has 0 saturated carbocycles. The van der Waals surface area contributed by atoms with Gasteiger partial charge in [0.1, 0.15) is 0 Å². The van der Waals surface area contributed by atoms with Crippen molar-refractivity contribution in [3.8, 4) is 0 Å². The SMILES string of the molecule is CC(C)C[C@H](CNS(=O)(=O)c1ccc(Cl)c(Cl)c1)N1CCC(CCc2ccccc2)N2C[C@H](N)C[C@H]2C1=O.Cl. The van der Waals surface area contributed by atoms with Crippen LogP contribution in [0.3, 0.4) is 0 Å². The Hall–Kier alpha value is -1.39. The van der Waals surface area contributed by atoms with E-state index in [1.807, 2.05) is 11.0 Å². The summed E-state index contributed by atoms with van der Waals surface area (Å²) >= 11 is 12.0. The number of amides is 1. The molecular weight excluding hydrogens is 579 g/mol. The van der Waals surface area contributed by atoms with Crippen molar-refractivity contribution >= 4 is 51.5 Å². The van der Waals surface area contributed by atoms with Gasteiger partial charge in [0.15, 0.2) is 0 Å². The lowest BCUT2D eigenvalue weighted by Crippen LogP contribution is -2.51. The van der Waals surface area contributed by atoms with E-state index >= 15 is 0 Å². The largest absolute Gasteiger partial charge is 0.337 e. The van der Waals surface area contributed by atoms with Gasteiger partial charge in [-0.25, -0.2) is 13.1 Å². The number of fused-ring (bicyclic) bond motifs is 1. The minimum Gasteiger partial charge on any atom is -0.337 e. The van der Waals surface area contributed by atoms with Gasteiger partial charge in [0, 0.05) is 37.8 Å². The summed E-state index contributed by atoms with van der Waals surface area (Å²) in [7, 11) is -3.83. The van der Waals surface area contributed by atoms with Crippen molar-refractivity contribution in [1.29, 1.82) is 0 Å². The first kappa shape index (κ1) is 32.1. The summed E-state index contributed by atoms with van der Waals surface area (Å²) in [5, 5.41) is 0.467. The van der Waals surface area contributed by atoms with Gasteiger partial charge in [-0.3, -0.25) is 9.69 Å². The Labute approximate surface area is 248 Å². The van der Waals surface area contributed by atoms with Crippen LogP contribution in [0.5, 0.6) is 0 Å². The van der Waals surface area contributed by atoms with Gasteiger partial charge in [-0.05, 0) is 61.8 Å². The van der Waals surface area contributed by atoms with Crippen LogP contribution in [0.4, 0.5) is 0 Å². The van der Waals surface area contributed by atoms with Crippen LogP contribution in [-0.4, -0.2) is 67.9 Å². The number of sulfonamides is 1. The number of nitrogens with one attached hydrogen (secondary N) is 1. The molecule has 2 saturated heterocycles. The number of hydrogen-bond acceptors (Lipinski definition) is 5. The van der Waals surface area contributed by atoms with Crippen LogP contribution in [0, 0.1) is 5.92 Å². The molecule has 0 radical (unpaired) electrons. The van der Waals surface area contributed by atoms with Gasteiger partial charge in [0.25, 0.3) is 0 Å². The predicted molar refractivity (Wildman–Crippen MR) is 160 cm³/mol. The van der Waals surface area contributed by atoms with Gasteiger partial charge < -0.3 is 10.6 Å². The van der Waals surface area contributed by atoms with Crippen molar-refractivity contribution in [2.24, 2.45) is 11.7 Å². The highest BCUT2D eigenvalue weighted by Gasteiger charge is 2.44. The first-order chi connectivity index (χ1) is 18.0. The third-order valence-electron chi connectivity index (χ3n) is 7.62. The first-order valence-corrected chi connectivity index (χ1v) is 15.6. The van der Waals surface area contributed by atoms with Crippen molar-refractivity contribution < 1.29 is 13.2 Å². The van der Waals surface area contributed by atoms with E-state index < -0.39 is 10.0 Å². The molecule has 0 bridgehead atoms. The van der Waals surface area contributed by atoms with E-state index in [0.29, 0.717) is 31.0 Å². The van der Waals surface area contributed by atoms with E-state index in [0.717, 1.165) is 19.3 Å². The highest BCUT2D eigenvalue weighted by Crippen LogP contribution is 2.31. The number of aryl methyl sites for hydroxylation is 1. The van der Waals surface area contributed by atoms with Crippen LogP contribution >= 0.6 is 35.6 Å². The Morgan fingerprint density at radius 1 is 1.10 bits per heavy atom. The number of rotatable bonds is 10. The number of halogens is 3. The molecular formula is C28H39Cl3N4O3S. The first-order valence-electron chi connectivity index (χ1n) is 13.4. The second kappa shape index (κ2) is 14.0. The molecule has 0 aliphatic carbocycles. The van der Waals surface area contributed by atoms with Crippen LogP contribution in [-0.2, 0) is 21.2 Å². The summed E-state index contributed by atoms with van der Waals surface area (Å²) in [6.07, 6.45) is 4.03. The summed E-state index contributed by atoms with van der Waals surface area (Å²) < 4.78 is 28.9. The molecule has 11 heteroatoms. The van der Waals surface area contributed by atoms with Crippen LogP contribution in [0.2, 0.25) is 10.0 Å². The maximum Gasteiger partial charge on any atom is 0.240 e. The van der Waals surface area contributed by atoms with Gasteiger partial charge in [0.05, 0.1) is 21.0 Å². The lowest BCUT2D eigenvalue weighted by Gasteiger charge is -2.34. The highest BCUT2D eigenvalue weighted by molar-refractivity contribution is 7.89. The predicted octanol–water partition coefficient (Wildman–Crippen LogP) is 4.74. The average molecular weight is 618 g/mol. The molecule has 2 aliphatic rings. The van der Waals surface area contributed by atoms with Gasteiger partial charge in [-0.1, -0.05) is 67.4 Å². The zero-order chi connectivity index (χ0) is 27.4. The molecule has 2 heterocycles. The van der Waals surface area contributed by atoms with Crippen LogP contribution in [0.1, 0.15) is 45.1 Å². The fourth-order valence-corrected chi connectivity index (χ4v) is 7.21. The normalized spacial score (nSPS) is 22.9. The summed E-state index contributed by atoms with van der Waals surface area (Å²) in [4.78, 5) is 18.2. The number of carbonyl (C=O) groups excluding carboxylic acids is 1. The van der Waals surface area contributed by atoms with Gasteiger partial charge in [0.2, 0.25) is 15.9 Å². The molecule has 1 amide bonds. The molecule has 2 aromatic rings. The molecule has 0 aromatic heterocycles. The molecule has 2 fully saturated rings. The summed E-state index contributed by atoms with van der Waals surface area (Å²) in [5.41, 5.74) is 7.64. The Morgan fingerprint density at radius 2 is 1.82 bits per heavy atom. The highest BCUT2D eigenvalue weighted by atomic mass is 35.5. The Morgan fingerprint density at radius 3 is 2.49 bits per heavy atom. The Kier molecular flexibility index (Phi) is 11.5. The number of hydrogen-bond donors (Lipinski definition) is 2. The maximum atomic E-state index is 13.9. The molecule has 39 heavy (non-hydrogen) atoms. The lowest BCUT2D eigenvalue weighted by molar-refractivity contribution is -0.137. The van der Waals surface area contributed by atoms with Gasteiger partial charge in [-0.15, -0.1) is 12.4 Å². The van der Waals surface area contributed by atoms with Crippen molar-refractivity contribution in [3.63, 3.8) is 0 Å². The molecule has 1 unspecified atom stereocenters. The van der Waals surface area contributed by atoms with Crippen molar-refractivity contribution in [2.75, 3.05) is 19.6 Å². The number of nitrogens with zero attached hydrogens (tertiary/aromatic N) is 2. The second-order valence-electron chi connectivity index (χ2n) is 10.9. The van der Waals surface area contributed by atoms with Crippen LogP contribution < -0.4 is 10.5 Å². The summed E-state index contributed by atoms with van der Waals surface area (Å²) in [6, 6.07) is 14.3. The van der Waals surface area contributed by atoms with Crippen LogP contribution in [0.25, 0.3) is 0 Å². The van der Waals surface area contributed by atoms with E-state index in [1.54, 1.807) is 0 Å². The minimum atomic E-state index is -3.83. The summed E-state index contributed by atoms with van der Waals surface area (Å²) in [5.74, 6) is 0.334. The van der Waals surface area contributed by atoms with E-state index in [4.69, 9.17) is 28.9 Å².